The number of carbonyl (C=O) groups is 1. The van der Waals surface area contributed by atoms with Crippen molar-refractivity contribution < 1.29 is 14.3 Å². The highest BCUT2D eigenvalue weighted by Crippen LogP contribution is 2.24. The largest absolute Gasteiger partial charge is 0.497 e. The van der Waals surface area contributed by atoms with Gasteiger partial charge in [0.25, 0.3) is 0 Å². The Kier molecular flexibility index (Phi) is 7.91. The standard InChI is InChI=1S/C20H24N2O3.ClH/c1-24-19-4-2-3-17(11-19)16-7-5-15(6-8-16)13-22-20(23)12-18-14-25-10-9-21-18;/h2-8,11,18,21H,9-10,12-14H2,1H3,(H,22,23);1H. The molecule has 26 heavy (non-hydrogen) atoms. The zero-order chi connectivity index (χ0) is 17.5. The molecule has 1 saturated heterocycles. The van der Waals surface area contributed by atoms with E-state index in [1.165, 1.54) is 0 Å². The number of hydrogen-bond donors (Lipinski definition) is 2. The predicted octanol–water partition coefficient (Wildman–Crippen LogP) is 2.78. The molecule has 1 atom stereocenters. The lowest BCUT2D eigenvalue weighted by Gasteiger charge is -2.23. The van der Waals surface area contributed by atoms with E-state index in [0.29, 0.717) is 19.6 Å². The predicted molar refractivity (Wildman–Crippen MR) is 105 cm³/mol. The highest BCUT2D eigenvalue weighted by Gasteiger charge is 2.16. The molecule has 1 aliphatic heterocycles. The quantitative estimate of drug-likeness (QED) is 0.813. The average Bonchev–Trinajstić information content (AvgIpc) is 2.67. The van der Waals surface area contributed by atoms with Crippen molar-refractivity contribution >= 4 is 18.3 Å². The number of ether oxygens (including phenoxy) is 2. The van der Waals surface area contributed by atoms with Gasteiger partial charge in [-0.2, -0.15) is 0 Å². The number of nitrogens with one attached hydrogen (secondary N) is 2. The molecule has 2 aromatic carbocycles. The van der Waals surface area contributed by atoms with Gasteiger partial charge in [0.2, 0.25) is 5.91 Å². The van der Waals surface area contributed by atoms with Gasteiger partial charge in [-0.15, -0.1) is 12.4 Å². The molecule has 1 fully saturated rings. The molecule has 1 aliphatic rings. The fourth-order valence-electron chi connectivity index (χ4n) is 2.87. The third kappa shape index (κ3) is 5.73. The molecule has 0 aromatic heterocycles. The van der Waals surface area contributed by atoms with E-state index in [2.05, 4.69) is 28.8 Å². The minimum Gasteiger partial charge on any atom is -0.497 e. The summed E-state index contributed by atoms with van der Waals surface area (Å²) >= 11 is 0. The molecule has 5 nitrogen and oxygen atoms in total. The molecule has 0 radical (unpaired) electrons. The normalized spacial score (nSPS) is 16.4. The van der Waals surface area contributed by atoms with Gasteiger partial charge in [-0.1, -0.05) is 36.4 Å². The van der Waals surface area contributed by atoms with Gasteiger partial charge in [0.05, 0.1) is 20.3 Å². The molecule has 140 valence electrons. The highest BCUT2D eigenvalue weighted by atomic mass is 35.5. The lowest BCUT2D eigenvalue weighted by molar-refractivity contribution is -0.122. The number of amides is 1. The van der Waals surface area contributed by atoms with Crippen LogP contribution in [0.15, 0.2) is 48.5 Å². The van der Waals surface area contributed by atoms with E-state index in [-0.39, 0.29) is 24.4 Å². The fraction of sp³-hybridized carbons (Fsp3) is 0.350. The molecular formula is C20H25ClN2O3. The van der Waals surface area contributed by atoms with Crippen LogP contribution in [0.1, 0.15) is 12.0 Å². The Morgan fingerprint density at radius 1 is 1.23 bits per heavy atom. The first kappa shape index (κ1) is 20.2. The van der Waals surface area contributed by atoms with Crippen LogP contribution in [0, 0.1) is 0 Å². The molecule has 0 spiro atoms. The number of halogens is 1. The molecule has 6 heteroatoms. The van der Waals surface area contributed by atoms with Crippen molar-refractivity contribution in [1.82, 2.24) is 10.6 Å². The summed E-state index contributed by atoms with van der Waals surface area (Å²) in [7, 11) is 1.67. The van der Waals surface area contributed by atoms with Gasteiger partial charge in [-0.25, -0.2) is 0 Å². The van der Waals surface area contributed by atoms with Crippen molar-refractivity contribution in [3.05, 3.63) is 54.1 Å². The Bertz CT molecular complexity index is 700. The van der Waals surface area contributed by atoms with Crippen LogP contribution >= 0.6 is 12.4 Å². The van der Waals surface area contributed by atoms with Crippen LogP contribution in [0.25, 0.3) is 11.1 Å². The second-order valence-electron chi connectivity index (χ2n) is 6.14. The Balaban J connectivity index is 0.00000243. The van der Waals surface area contributed by atoms with Crippen LogP contribution in [-0.2, 0) is 16.1 Å². The number of rotatable bonds is 6. The van der Waals surface area contributed by atoms with Crippen LogP contribution in [0.2, 0.25) is 0 Å². The van der Waals surface area contributed by atoms with E-state index in [4.69, 9.17) is 9.47 Å². The molecule has 2 aromatic rings. The molecule has 2 N–H and O–H groups in total. The molecular weight excluding hydrogens is 352 g/mol. The fourth-order valence-corrected chi connectivity index (χ4v) is 2.87. The van der Waals surface area contributed by atoms with Crippen LogP contribution in [0.3, 0.4) is 0 Å². The van der Waals surface area contributed by atoms with Crippen LogP contribution in [0.4, 0.5) is 0 Å². The van der Waals surface area contributed by atoms with Crippen molar-refractivity contribution in [2.45, 2.75) is 19.0 Å². The van der Waals surface area contributed by atoms with Gasteiger partial charge in [0, 0.05) is 25.6 Å². The maximum absolute atomic E-state index is 12.0. The number of benzene rings is 2. The molecule has 1 amide bonds. The minimum atomic E-state index is 0. The van der Waals surface area contributed by atoms with Crippen molar-refractivity contribution in [1.29, 1.82) is 0 Å². The van der Waals surface area contributed by atoms with Crippen molar-refractivity contribution in [3.8, 4) is 16.9 Å². The molecule has 3 rings (SSSR count). The van der Waals surface area contributed by atoms with Crippen LogP contribution in [-0.4, -0.2) is 38.8 Å². The lowest BCUT2D eigenvalue weighted by atomic mass is 10.0. The van der Waals surface area contributed by atoms with E-state index < -0.39 is 0 Å². The van der Waals surface area contributed by atoms with Gasteiger partial charge in [-0.3, -0.25) is 4.79 Å². The topological polar surface area (TPSA) is 59.6 Å². The molecule has 0 saturated carbocycles. The highest BCUT2D eigenvalue weighted by molar-refractivity contribution is 5.85. The average molecular weight is 377 g/mol. The summed E-state index contributed by atoms with van der Waals surface area (Å²) in [6, 6.07) is 16.3. The Hall–Kier alpha value is -2.08. The number of methoxy groups -OCH3 is 1. The first-order chi connectivity index (χ1) is 12.2. The molecule has 0 aliphatic carbocycles. The van der Waals surface area contributed by atoms with E-state index >= 15 is 0 Å². The molecule has 0 bridgehead atoms. The Morgan fingerprint density at radius 3 is 2.73 bits per heavy atom. The summed E-state index contributed by atoms with van der Waals surface area (Å²) in [5, 5.41) is 6.26. The first-order valence-electron chi connectivity index (χ1n) is 8.56. The summed E-state index contributed by atoms with van der Waals surface area (Å²) in [4.78, 5) is 12.0. The van der Waals surface area contributed by atoms with E-state index in [1.807, 2.05) is 30.3 Å². The third-order valence-electron chi connectivity index (χ3n) is 4.28. The molecule has 1 unspecified atom stereocenters. The van der Waals surface area contributed by atoms with Crippen molar-refractivity contribution in [3.63, 3.8) is 0 Å². The van der Waals surface area contributed by atoms with Gasteiger partial charge in [0.15, 0.2) is 0 Å². The van der Waals surface area contributed by atoms with E-state index in [0.717, 1.165) is 35.6 Å². The maximum atomic E-state index is 12.0. The zero-order valence-corrected chi connectivity index (χ0v) is 15.7. The Morgan fingerprint density at radius 2 is 2.04 bits per heavy atom. The smallest absolute Gasteiger partial charge is 0.221 e. The lowest BCUT2D eigenvalue weighted by Crippen LogP contribution is -2.44. The van der Waals surface area contributed by atoms with E-state index in [9.17, 15) is 4.79 Å². The van der Waals surface area contributed by atoms with Gasteiger partial charge in [-0.05, 0) is 28.8 Å². The van der Waals surface area contributed by atoms with Gasteiger partial charge in [0.1, 0.15) is 5.75 Å². The second kappa shape index (κ2) is 10.2. The second-order valence-corrected chi connectivity index (χ2v) is 6.14. The summed E-state index contributed by atoms with van der Waals surface area (Å²) in [6.45, 7) is 2.66. The van der Waals surface area contributed by atoms with Crippen LogP contribution < -0.4 is 15.4 Å². The van der Waals surface area contributed by atoms with Gasteiger partial charge >= 0.3 is 0 Å². The monoisotopic (exact) mass is 376 g/mol. The van der Waals surface area contributed by atoms with E-state index in [1.54, 1.807) is 7.11 Å². The number of morpholine rings is 1. The number of hydrogen-bond acceptors (Lipinski definition) is 4. The zero-order valence-electron chi connectivity index (χ0n) is 14.9. The SMILES string of the molecule is COc1cccc(-c2ccc(CNC(=O)CC3COCCN3)cc2)c1.Cl. The van der Waals surface area contributed by atoms with Crippen molar-refractivity contribution in [2.75, 3.05) is 26.9 Å². The number of carbonyl (C=O) groups excluding carboxylic acids is 1. The minimum absolute atomic E-state index is 0. The summed E-state index contributed by atoms with van der Waals surface area (Å²) in [5.41, 5.74) is 3.31. The summed E-state index contributed by atoms with van der Waals surface area (Å²) in [5.74, 6) is 0.883. The van der Waals surface area contributed by atoms with Crippen LogP contribution in [0.5, 0.6) is 5.75 Å². The maximum Gasteiger partial charge on any atom is 0.221 e. The third-order valence-corrected chi connectivity index (χ3v) is 4.28. The Labute approximate surface area is 160 Å². The summed E-state index contributed by atoms with van der Waals surface area (Å²) < 4.78 is 10.6. The molecule has 1 heterocycles. The van der Waals surface area contributed by atoms with Crippen molar-refractivity contribution in [2.24, 2.45) is 0 Å². The summed E-state index contributed by atoms with van der Waals surface area (Å²) in [6.07, 6.45) is 0.446. The first-order valence-corrected chi connectivity index (χ1v) is 8.56. The van der Waals surface area contributed by atoms with Gasteiger partial charge < -0.3 is 20.1 Å².